The lowest BCUT2D eigenvalue weighted by atomic mass is 9.94. The van der Waals surface area contributed by atoms with E-state index in [2.05, 4.69) is 0 Å². The first kappa shape index (κ1) is 18.5. The first-order valence-corrected chi connectivity index (χ1v) is 9.67. The van der Waals surface area contributed by atoms with Gasteiger partial charge in [0.15, 0.2) is 0 Å². The Morgan fingerprint density at radius 1 is 1.08 bits per heavy atom. The molecule has 3 rings (SSSR count). The van der Waals surface area contributed by atoms with Gasteiger partial charge in [0.1, 0.15) is 4.90 Å². The van der Waals surface area contributed by atoms with Crippen molar-refractivity contribution in [2.75, 3.05) is 13.2 Å². The van der Waals surface area contributed by atoms with Crippen LogP contribution in [0.3, 0.4) is 0 Å². The zero-order valence-corrected chi connectivity index (χ0v) is 15.2. The molecule has 2 amide bonds. The predicted molar refractivity (Wildman–Crippen MR) is 94.8 cm³/mol. The number of benzene rings is 2. The molecule has 0 aromatic heterocycles. The second-order valence-corrected chi connectivity index (χ2v) is 7.74. The highest BCUT2D eigenvalue weighted by atomic mass is 32.2. The van der Waals surface area contributed by atoms with E-state index in [0.29, 0.717) is 13.0 Å². The van der Waals surface area contributed by atoms with E-state index in [1.807, 2.05) is 13.8 Å². The van der Waals surface area contributed by atoms with Crippen LogP contribution in [0.2, 0.25) is 0 Å². The number of amides is 2. The van der Waals surface area contributed by atoms with Gasteiger partial charge >= 0.3 is 0 Å². The van der Waals surface area contributed by atoms with E-state index >= 15 is 0 Å². The normalized spacial score (nSPS) is 14.5. The van der Waals surface area contributed by atoms with Gasteiger partial charge in [0, 0.05) is 35.1 Å². The van der Waals surface area contributed by atoms with E-state index in [1.165, 1.54) is 24.3 Å². The summed E-state index contributed by atoms with van der Waals surface area (Å²) in [4.78, 5) is 26.3. The molecule has 8 heteroatoms. The molecule has 0 unspecified atom stereocenters. The summed E-state index contributed by atoms with van der Waals surface area (Å²) in [5.41, 5.74) is 0.486. The lowest BCUT2D eigenvalue weighted by Gasteiger charge is -2.27. The number of nitrogens with zero attached hydrogens (tertiary/aromatic N) is 1. The summed E-state index contributed by atoms with van der Waals surface area (Å²) in [5, 5.41) is 0.416. The first-order valence-electron chi connectivity index (χ1n) is 8.23. The zero-order valence-electron chi connectivity index (χ0n) is 14.4. The lowest BCUT2D eigenvalue weighted by molar-refractivity contribution is 0.0533. The van der Waals surface area contributed by atoms with Crippen molar-refractivity contribution < 1.29 is 27.3 Å². The SMILES string of the molecule is CC(C)OCCCN1C(=O)c2cccc3c(S(=O)(=O)O)ccc(c23)C1=O. The largest absolute Gasteiger partial charge is 0.379 e. The Labute approximate surface area is 151 Å². The van der Waals surface area contributed by atoms with Crippen molar-refractivity contribution in [3.63, 3.8) is 0 Å². The first-order chi connectivity index (χ1) is 12.2. The van der Waals surface area contributed by atoms with E-state index in [1.54, 1.807) is 6.07 Å². The van der Waals surface area contributed by atoms with Gasteiger partial charge in [-0.1, -0.05) is 12.1 Å². The van der Waals surface area contributed by atoms with E-state index < -0.39 is 21.9 Å². The Bertz CT molecular complexity index is 974. The minimum absolute atomic E-state index is 0.0658. The predicted octanol–water partition coefficient (Wildman–Crippen LogP) is 2.50. The van der Waals surface area contributed by atoms with Crippen LogP contribution in [0, 0.1) is 0 Å². The summed E-state index contributed by atoms with van der Waals surface area (Å²) in [7, 11) is -4.47. The number of hydrogen-bond donors (Lipinski definition) is 1. The van der Waals surface area contributed by atoms with Gasteiger partial charge in [0.2, 0.25) is 0 Å². The highest BCUT2D eigenvalue weighted by Gasteiger charge is 2.33. The van der Waals surface area contributed by atoms with Gasteiger partial charge in [-0.2, -0.15) is 8.42 Å². The van der Waals surface area contributed by atoms with E-state index in [0.717, 1.165) is 4.90 Å². The maximum absolute atomic E-state index is 12.8. The van der Waals surface area contributed by atoms with Crippen LogP contribution in [0.15, 0.2) is 35.2 Å². The molecule has 0 radical (unpaired) electrons. The van der Waals surface area contributed by atoms with Gasteiger partial charge in [0.05, 0.1) is 6.10 Å². The number of imide groups is 1. The molecule has 2 aromatic carbocycles. The molecule has 0 fully saturated rings. The smallest absolute Gasteiger partial charge is 0.295 e. The summed E-state index contributed by atoms with van der Waals surface area (Å²) < 4.78 is 38.0. The maximum Gasteiger partial charge on any atom is 0.295 e. The number of hydrogen-bond acceptors (Lipinski definition) is 5. The third kappa shape index (κ3) is 3.23. The molecular formula is C18H19NO6S. The van der Waals surface area contributed by atoms with Crippen LogP contribution in [0.4, 0.5) is 0 Å². The van der Waals surface area contributed by atoms with Crippen molar-refractivity contribution >= 4 is 32.7 Å². The Morgan fingerprint density at radius 2 is 1.73 bits per heavy atom. The van der Waals surface area contributed by atoms with Crippen molar-refractivity contribution in [1.29, 1.82) is 0 Å². The quantitative estimate of drug-likeness (QED) is 0.471. The van der Waals surface area contributed by atoms with Crippen molar-refractivity contribution in [2.24, 2.45) is 0 Å². The third-order valence-corrected chi connectivity index (χ3v) is 5.12. The van der Waals surface area contributed by atoms with Crippen molar-refractivity contribution in [1.82, 2.24) is 4.90 Å². The summed E-state index contributed by atoms with van der Waals surface area (Å²) in [6.07, 6.45) is 0.570. The lowest BCUT2D eigenvalue weighted by Crippen LogP contribution is -2.41. The van der Waals surface area contributed by atoms with E-state index in [4.69, 9.17) is 4.74 Å². The van der Waals surface area contributed by atoms with Gasteiger partial charge < -0.3 is 4.74 Å². The fourth-order valence-corrected chi connectivity index (χ4v) is 3.78. The summed E-state index contributed by atoms with van der Waals surface area (Å²) in [6, 6.07) is 7.07. The van der Waals surface area contributed by atoms with Crippen molar-refractivity contribution in [3.05, 3.63) is 41.5 Å². The van der Waals surface area contributed by atoms with Crippen LogP contribution in [0.1, 0.15) is 41.0 Å². The van der Waals surface area contributed by atoms with Crippen LogP contribution in [0.5, 0.6) is 0 Å². The molecule has 138 valence electrons. The van der Waals surface area contributed by atoms with E-state index in [-0.39, 0.29) is 39.4 Å². The van der Waals surface area contributed by atoms with Crippen LogP contribution < -0.4 is 0 Å². The molecule has 0 aliphatic carbocycles. The molecule has 0 atom stereocenters. The fourth-order valence-electron chi connectivity index (χ4n) is 3.09. The topological polar surface area (TPSA) is 101 Å². The Morgan fingerprint density at radius 3 is 2.35 bits per heavy atom. The van der Waals surface area contributed by atoms with Crippen LogP contribution in [-0.2, 0) is 14.9 Å². The fraction of sp³-hybridized carbons (Fsp3) is 0.333. The Balaban J connectivity index is 2.02. The third-order valence-electron chi connectivity index (χ3n) is 4.21. The number of ether oxygens (including phenoxy) is 1. The van der Waals surface area contributed by atoms with Crippen molar-refractivity contribution in [3.8, 4) is 0 Å². The van der Waals surface area contributed by atoms with Crippen molar-refractivity contribution in [2.45, 2.75) is 31.3 Å². The molecule has 1 aliphatic rings. The second kappa shape index (κ2) is 6.79. The molecule has 1 aliphatic heterocycles. The van der Waals surface area contributed by atoms with Gasteiger partial charge in [-0.25, -0.2) is 0 Å². The van der Waals surface area contributed by atoms with Crippen LogP contribution >= 0.6 is 0 Å². The second-order valence-electron chi connectivity index (χ2n) is 6.35. The average Bonchev–Trinajstić information content (AvgIpc) is 2.57. The molecule has 1 N–H and O–H groups in total. The van der Waals surface area contributed by atoms with Gasteiger partial charge in [-0.05, 0) is 38.5 Å². The number of rotatable bonds is 6. The minimum Gasteiger partial charge on any atom is -0.379 e. The standard InChI is InChI=1S/C18H19NO6S/c1-11(2)25-10-4-9-19-17(20)13-6-3-5-12-15(26(22,23)24)8-7-14(16(12)13)18(19)21/h3,5-8,11H,4,9-10H2,1-2H3,(H,22,23,24). The minimum atomic E-state index is -4.47. The Hall–Kier alpha value is -2.29. The van der Waals surface area contributed by atoms with Crippen LogP contribution in [-0.4, -0.2) is 48.9 Å². The molecular weight excluding hydrogens is 358 g/mol. The molecule has 2 aromatic rings. The summed E-state index contributed by atoms with van der Waals surface area (Å²) in [6.45, 7) is 4.44. The molecule has 0 spiro atoms. The molecule has 26 heavy (non-hydrogen) atoms. The Kier molecular flexibility index (Phi) is 4.83. The monoisotopic (exact) mass is 377 g/mol. The number of carbonyl (C=O) groups excluding carboxylic acids is 2. The molecule has 7 nitrogen and oxygen atoms in total. The molecule has 1 heterocycles. The van der Waals surface area contributed by atoms with Gasteiger partial charge in [0.25, 0.3) is 21.9 Å². The van der Waals surface area contributed by atoms with Crippen LogP contribution in [0.25, 0.3) is 10.8 Å². The molecule has 0 saturated heterocycles. The zero-order chi connectivity index (χ0) is 19.1. The molecule has 0 saturated carbocycles. The maximum atomic E-state index is 12.8. The highest BCUT2D eigenvalue weighted by molar-refractivity contribution is 7.86. The van der Waals surface area contributed by atoms with Gasteiger partial charge in [-0.15, -0.1) is 0 Å². The average molecular weight is 377 g/mol. The summed E-state index contributed by atoms with van der Waals surface area (Å²) in [5.74, 6) is -0.963. The van der Waals surface area contributed by atoms with E-state index in [9.17, 15) is 22.6 Å². The molecule has 0 bridgehead atoms. The highest BCUT2D eigenvalue weighted by Crippen LogP contribution is 2.33. The number of carbonyl (C=O) groups is 2. The summed E-state index contributed by atoms with van der Waals surface area (Å²) >= 11 is 0. The van der Waals surface area contributed by atoms with Gasteiger partial charge in [-0.3, -0.25) is 19.0 Å².